The zero-order valence-electron chi connectivity index (χ0n) is 17.2. The predicted octanol–water partition coefficient (Wildman–Crippen LogP) is 5.26. The fourth-order valence-electron chi connectivity index (χ4n) is 3.46. The van der Waals surface area contributed by atoms with Crippen molar-refractivity contribution in [2.75, 3.05) is 6.61 Å². The molecule has 1 aliphatic rings. The molecule has 1 saturated heterocycles. The van der Waals surface area contributed by atoms with Crippen LogP contribution in [0.15, 0.2) is 60.7 Å². The number of rotatable bonds is 7. The highest BCUT2D eigenvalue weighted by Gasteiger charge is 2.35. The number of ether oxygens (including phenoxy) is 3. The number of allylic oxidation sites excluding steroid dienone is 2. The van der Waals surface area contributed by atoms with Gasteiger partial charge in [-0.05, 0) is 25.0 Å². The van der Waals surface area contributed by atoms with Crippen LogP contribution in [0.4, 0.5) is 0 Å². The Morgan fingerprint density at radius 1 is 1.13 bits per heavy atom. The number of hydrogen-bond acceptors (Lipinski definition) is 6. The van der Waals surface area contributed by atoms with E-state index in [1.54, 1.807) is 18.2 Å². The quantitative estimate of drug-likeness (QED) is 0.356. The van der Waals surface area contributed by atoms with Crippen molar-refractivity contribution in [2.45, 2.75) is 38.6 Å². The number of halogens is 1. The maximum absolute atomic E-state index is 11.4. The first-order valence-electron chi connectivity index (χ1n) is 10.1. The Balaban J connectivity index is 1.68. The standard InChI is InChI=1S/C24H25ClO6/c1-16(26)30-22(28)14-4-2-3-9-17-15-29-24(18-10-5-7-12-20(18)25)31-23(17)19-11-6-8-13-21(19)27/h2-3,5-8,10-13,17,23-24,27H,4,9,14-15H2,1H3/b3-2-/t17-,23+,24+/m0/s1. The average molecular weight is 445 g/mol. The number of benzene rings is 2. The minimum Gasteiger partial charge on any atom is -0.508 e. The minimum atomic E-state index is -0.639. The van der Waals surface area contributed by atoms with Crippen LogP contribution in [0.3, 0.4) is 0 Å². The second-order valence-corrected chi connectivity index (χ2v) is 7.68. The summed E-state index contributed by atoms with van der Waals surface area (Å²) in [7, 11) is 0. The van der Waals surface area contributed by atoms with Crippen LogP contribution in [0.1, 0.15) is 49.7 Å². The summed E-state index contributed by atoms with van der Waals surface area (Å²) in [5.41, 5.74) is 1.42. The monoisotopic (exact) mass is 444 g/mol. The Bertz CT molecular complexity index is 941. The number of phenols is 1. The third-order valence-electron chi connectivity index (χ3n) is 4.94. The van der Waals surface area contributed by atoms with Crippen LogP contribution in [0, 0.1) is 5.92 Å². The van der Waals surface area contributed by atoms with Crippen molar-refractivity contribution in [3.63, 3.8) is 0 Å². The van der Waals surface area contributed by atoms with Crippen LogP contribution in [0.5, 0.6) is 5.75 Å². The van der Waals surface area contributed by atoms with Gasteiger partial charge in [0.1, 0.15) is 5.75 Å². The lowest BCUT2D eigenvalue weighted by Crippen LogP contribution is -2.30. The molecule has 2 aromatic carbocycles. The van der Waals surface area contributed by atoms with Gasteiger partial charge in [-0.15, -0.1) is 0 Å². The van der Waals surface area contributed by atoms with E-state index >= 15 is 0 Å². The SMILES string of the molecule is CC(=O)OC(=O)CC/C=C\C[C@H]1CO[C@@H](c2ccccc2Cl)O[C@H]1c1ccccc1O. The molecule has 2 aromatic rings. The van der Waals surface area contributed by atoms with E-state index < -0.39 is 24.3 Å². The fraction of sp³-hybridized carbons (Fsp3) is 0.333. The van der Waals surface area contributed by atoms with Crippen LogP contribution in [-0.4, -0.2) is 23.7 Å². The zero-order chi connectivity index (χ0) is 22.2. The van der Waals surface area contributed by atoms with E-state index in [2.05, 4.69) is 4.74 Å². The topological polar surface area (TPSA) is 82.1 Å². The number of carbonyl (C=O) groups is 2. The third kappa shape index (κ3) is 6.40. The second-order valence-electron chi connectivity index (χ2n) is 7.27. The molecule has 7 heteroatoms. The van der Waals surface area contributed by atoms with E-state index in [9.17, 15) is 14.7 Å². The molecule has 164 valence electrons. The Morgan fingerprint density at radius 2 is 1.84 bits per heavy atom. The smallest absolute Gasteiger partial charge is 0.313 e. The number of esters is 2. The van der Waals surface area contributed by atoms with Gasteiger partial charge in [-0.2, -0.15) is 0 Å². The molecular weight excluding hydrogens is 420 g/mol. The summed E-state index contributed by atoms with van der Waals surface area (Å²) in [5.74, 6) is -1.04. The van der Waals surface area contributed by atoms with Crippen molar-refractivity contribution >= 4 is 23.5 Å². The van der Waals surface area contributed by atoms with Gasteiger partial charge in [0.2, 0.25) is 0 Å². The highest BCUT2D eigenvalue weighted by atomic mass is 35.5. The molecule has 6 nitrogen and oxygen atoms in total. The first-order chi connectivity index (χ1) is 15.0. The summed E-state index contributed by atoms with van der Waals surface area (Å²) in [6, 6.07) is 14.4. The van der Waals surface area contributed by atoms with E-state index in [-0.39, 0.29) is 18.1 Å². The van der Waals surface area contributed by atoms with Crippen LogP contribution >= 0.6 is 11.6 Å². The summed E-state index contributed by atoms with van der Waals surface area (Å²) < 4.78 is 16.7. The average Bonchev–Trinajstić information content (AvgIpc) is 2.74. The molecule has 3 rings (SSSR count). The molecule has 0 saturated carbocycles. The van der Waals surface area contributed by atoms with Gasteiger partial charge in [0.15, 0.2) is 6.29 Å². The van der Waals surface area contributed by atoms with Gasteiger partial charge in [-0.25, -0.2) is 0 Å². The summed E-state index contributed by atoms with van der Waals surface area (Å²) in [6.45, 7) is 1.61. The molecule has 1 N–H and O–H groups in total. The third-order valence-corrected chi connectivity index (χ3v) is 5.28. The second kappa shape index (κ2) is 11.1. The van der Waals surface area contributed by atoms with Crippen molar-refractivity contribution in [2.24, 2.45) is 5.92 Å². The molecule has 31 heavy (non-hydrogen) atoms. The summed E-state index contributed by atoms with van der Waals surface area (Å²) >= 11 is 6.31. The predicted molar refractivity (Wildman–Crippen MR) is 115 cm³/mol. The van der Waals surface area contributed by atoms with Gasteiger partial charge in [0, 0.05) is 35.4 Å². The Kier molecular flexibility index (Phi) is 8.23. The van der Waals surface area contributed by atoms with Gasteiger partial charge >= 0.3 is 11.9 Å². The van der Waals surface area contributed by atoms with Gasteiger partial charge < -0.3 is 19.3 Å². The molecule has 3 atom stereocenters. The summed E-state index contributed by atoms with van der Waals surface area (Å²) in [6.07, 6.45) is 3.99. The summed E-state index contributed by atoms with van der Waals surface area (Å²) in [4.78, 5) is 22.2. The molecule has 0 aliphatic carbocycles. The minimum absolute atomic E-state index is 0.0486. The molecule has 0 aromatic heterocycles. The molecule has 0 unspecified atom stereocenters. The van der Waals surface area contributed by atoms with Crippen LogP contribution in [0.25, 0.3) is 0 Å². The van der Waals surface area contributed by atoms with Gasteiger partial charge in [-0.1, -0.05) is 60.2 Å². The van der Waals surface area contributed by atoms with Crippen molar-refractivity contribution in [1.82, 2.24) is 0 Å². The first-order valence-corrected chi connectivity index (χ1v) is 10.5. The number of carbonyl (C=O) groups excluding carboxylic acids is 2. The molecular formula is C24H25ClO6. The largest absolute Gasteiger partial charge is 0.508 e. The first kappa shape index (κ1) is 23.0. The van der Waals surface area contributed by atoms with Crippen LogP contribution in [0.2, 0.25) is 5.02 Å². The van der Waals surface area contributed by atoms with E-state index in [1.807, 2.05) is 42.5 Å². The molecule has 0 spiro atoms. The number of phenolic OH excluding ortho intramolecular Hbond substituents is 1. The molecule has 0 bridgehead atoms. The normalized spacial score (nSPS) is 21.2. The molecule has 0 radical (unpaired) electrons. The lowest BCUT2D eigenvalue weighted by molar-refractivity contribution is -0.244. The Hall–Kier alpha value is -2.67. The number of aromatic hydroxyl groups is 1. The lowest BCUT2D eigenvalue weighted by Gasteiger charge is -2.37. The highest BCUT2D eigenvalue weighted by molar-refractivity contribution is 6.31. The zero-order valence-corrected chi connectivity index (χ0v) is 18.0. The van der Waals surface area contributed by atoms with Crippen LogP contribution in [-0.2, 0) is 23.8 Å². The maximum Gasteiger partial charge on any atom is 0.313 e. The van der Waals surface area contributed by atoms with E-state index in [4.69, 9.17) is 21.1 Å². The lowest BCUT2D eigenvalue weighted by atomic mass is 9.91. The number of para-hydroxylation sites is 1. The molecule has 1 fully saturated rings. The molecule has 1 aliphatic heterocycles. The van der Waals surface area contributed by atoms with Gasteiger partial charge in [-0.3, -0.25) is 9.59 Å². The number of hydrogen-bond donors (Lipinski definition) is 1. The molecule has 1 heterocycles. The van der Waals surface area contributed by atoms with Crippen molar-refractivity contribution in [3.05, 3.63) is 76.8 Å². The van der Waals surface area contributed by atoms with Crippen molar-refractivity contribution < 1.29 is 28.9 Å². The summed E-state index contributed by atoms with van der Waals surface area (Å²) in [5, 5.41) is 10.9. The van der Waals surface area contributed by atoms with E-state index in [0.717, 1.165) is 5.56 Å². The van der Waals surface area contributed by atoms with E-state index in [0.29, 0.717) is 30.0 Å². The van der Waals surface area contributed by atoms with Gasteiger partial charge in [0.25, 0.3) is 0 Å². The Morgan fingerprint density at radius 3 is 2.55 bits per heavy atom. The van der Waals surface area contributed by atoms with Crippen LogP contribution < -0.4 is 0 Å². The van der Waals surface area contributed by atoms with Gasteiger partial charge in [0.05, 0.1) is 12.7 Å². The van der Waals surface area contributed by atoms with Crippen molar-refractivity contribution in [3.8, 4) is 5.75 Å². The Labute approximate surface area is 186 Å². The van der Waals surface area contributed by atoms with Crippen molar-refractivity contribution in [1.29, 1.82) is 0 Å². The maximum atomic E-state index is 11.4. The fourth-order valence-corrected chi connectivity index (χ4v) is 3.68. The molecule has 0 amide bonds. The highest BCUT2D eigenvalue weighted by Crippen LogP contribution is 2.43. The van der Waals surface area contributed by atoms with E-state index in [1.165, 1.54) is 6.92 Å².